The Labute approximate surface area is 117 Å². The summed E-state index contributed by atoms with van der Waals surface area (Å²) in [7, 11) is 1.82. The van der Waals surface area contributed by atoms with Crippen LogP contribution >= 0.6 is 0 Å². The highest BCUT2D eigenvalue weighted by Crippen LogP contribution is 2.10. The monoisotopic (exact) mass is 267 g/mol. The maximum Gasteiger partial charge on any atom is 0.190 e. The molecule has 1 rings (SSSR count). The van der Waals surface area contributed by atoms with Crippen LogP contribution in [0.1, 0.15) is 39.5 Å². The van der Waals surface area contributed by atoms with Gasteiger partial charge in [0.15, 0.2) is 5.96 Å². The van der Waals surface area contributed by atoms with Gasteiger partial charge in [0.2, 0.25) is 0 Å². The van der Waals surface area contributed by atoms with Crippen molar-refractivity contribution in [2.24, 2.45) is 10.9 Å². The van der Waals surface area contributed by atoms with Crippen LogP contribution in [0.15, 0.2) is 16.6 Å². The predicted octanol–water partition coefficient (Wildman–Crippen LogP) is 2.32. The molecule has 1 heterocycles. The number of hydrogen-bond acceptors (Lipinski definition) is 2. The van der Waals surface area contributed by atoms with E-state index in [-0.39, 0.29) is 0 Å². The van der Waals surface area contributed by atoms with Gasteiger partial charge < -0.3 is 15.4 Å². The van der Waals surface area contributed by atoms with E-state index in [0.717, 1.165) is 51.0 Å². The van der Waals surface area contributed by atoms with Crippen LogP contribution in [0.3, 0.4) is 0 Å². The summed E-state index contributed by atoms with van der Waals surface area (Å²) in [5.41, 5.74) is 1.49. The first-order valence-electron chi connectivity index (χ1n) is 7.42. The first-order chi connectivity index (χ1) is 9.22. The van der Waals surface area contributed by atoms with Crippen molar-refractivity contribution >= 4 is 5.96 Å². The fourth-order valence-electron chi connectivity index (χ4n) is 2.07. The van der Waals surface area contributed by atoms with Crippen molar-refractivity contribution < 1.29 is 4.74 Å². The largest absolute Gasteiger partial charge is 0.377 e. The molecule has 0 atom stereocenters. The molecule has 19 heavy (non-hydrogen) atoms. The number of nitrogens with one attached hydrogen (secondary N) is 2. The van der Waals surface area contributed by atoms with Gasteiger partial charge in [0.05, 0.1) is 13.2 Å². The lowest BCUT2D eigenvalue weighted by Gasteiger charge is -2.15. The molecule has 4 heteroatoms. The third-order valence-electron chi connectivity index (χ3n) is 3.27. The summed E-state index contributed by atoms with van der Waals surface area (Å²) >= 11 is 0. The van der Waals surface area contributed by atoms with E-state index >= 15 is 0 Å². The molecule has 0 unspecified atom stereocenters. The van der Waals surface area contributed by atoms with Crippen molar-refractivity contribution in [2.45, 2.75) is 39.5 Å². The number of ether oxygens (including phenoxy) is 1. The van der Waals surface area contributed by atoms with E-state index in [0.29, 0.717) is 0 Å². The molecular formula is C15H29N3O. The van der Waals surface area contributed by atoms with E-state index in [4.69, 9.17) is 4.74 Å². The SMILES string of the molecule is CN=C(NCCCC(C)C)NCCC1=CCOCC1. The maximum atomic E-state index is 5.30. The number of guanidine groups is 1. The molecule has 4 nitrogen and oxygen atoms in total. The van der Waals surface area contributed by atoms with E-state index < -0.39 is 0 Å². The van der Waals surface area contributed by atoms with Gasteiger partial charge in [-0.2, -0.15) is 0 Å². The molecule has 0 saturated heterocycles. The van der Waals surface area contributed by atoms with Crippen LogP contribution in [-0.2, 0) is 4.74 Å². The van der Waals surface area contributed by atoms with Crippen molar-refractivity contribution in [2.75, 3.05) is 33.4 Å². The molecule has 0 aromatic rings. The van der Waals surface area contributed by atoms with E-state index in [9.17, 15) is 0 Å². The highest BCUT2D eigenvalue weighted by atomic mass is 16.5. The number of aliphatic imine (C=N–C) groups is 1. The summed E-state index contributed by atoms with van der Waals surface area (Å²) in [6, 6.07) is 0. The van der Waals surface area contributed by atoms with Gasteiger partial charge in [-0.1, -0.05) is 25.5 Å². The zero-order valence-corrected chi connectivity index (χ0v) is 12.7. The molecule has 2 N–H and O–H groups in total. The minimum atomic E-state index is 0.775. The predicted molar refractivity (Wildman–Crippen MR) is 81.6 cm³/mol. The van der Waals surface area contributed by atoms with Crippen LogP contribution in [0.5, 0.6) is 0 Å². The molecule has 0 amide bonds. The van der Waals surface area contributed by atoms with Crippen LogP contribution in [0, 0.1) is 5.92 Å². The van der Waals surface area contributed by atoms with Crippen LogP contribution in [0.4, 0.5) is 0 Å². The summed E-state index contributed by atoms with van der Waals surface area (Å²) in [4.78, 5) is 4.24. The van der Waals surface area contributed by atoms with Gasteiger partial charge in [0.1, 0.15) is 0 Å². The van der Waals surface area contributed by atoms with Gasteiger partial charge in [0.25, 0.3) is 0 Å². The highest BCUT2D eigenvalue weighted by Gasteiger charge is 2.04. The Morgan fingerprint density at radius 1 is 1.37 bits per heavy atom. The summed E-state index contributed by atoms with van der Waals surface area (Å²) in [6.45, 7) is 8.10. The Kier molecular flexibility index (Phi) is 8.30. The maximum absolute atomic E-state index is 5.30. The molecule has 1 aliphatic heterocycles. The first kappa shape index (κ1) is 16.0. The van der Waals surface area contributed by atoms with E-state index in [1.165, 1.54) is 18.4 Å². The molecule has 0 radical (unpaired) electrons. The third-order valence-corrected chi connectivity index (χ3v) is 3.27. The summed E-state index contributed by atoms with van der Waals surface area (Å²) < 4.78 is 5.30. The molecule has 0 aromatic carbocycles. The number of rotatable bonds is 7. The lowest BCUT2D eigenvalue weighted by atomic mass is 10.1. The molecule has 110 valence electrons. The van der Waals surface area contributed by atoms with E-state index in [1.807, 2.05) is 7.05 Å². The lowest BCUT2D eigenvalue weighted by Crippen LogP contribution is -2.38. The molecule has 0 aromatic heterocycles. The minimum Gasteiger partial charge on any atom is -0.377 e. The molecule has 0 bridgehead atoms. The highest BCUT2D eigenvalue weighted by molar-refractivity contribution is 5.79. The van der Waals surface area contributed by atoms with Gasteiger partial charge >= 0.3 is 0 Å². The normalized spacial score (nSPS) is 16.4. The smallest absolute Gasteiger partial charge is 0.190 e. The van der Waals surface area contributed by atoms with Crippen molar-refractivity contribution in [3.8, 4) is 0 Å². The Bertz CT molecular complexity index is 298. The number of hydrogen-bond donors (Lipinski definition) is 2. The quantitative estimate of drug-likeness (QED) is 0.322. The second-order valence-corrected chi connectivity index (χ2v) is 5.40. The van der Waals surface area contributed by atoms with E-state index in [2.05, 4.69) is 35.5 Å². The third kappa shape index (κ3) is 7.88. The lowest BCUT2D eigenvalue weighted by molar-refractivity contribution is 0.153. The van der Waals surface area contributed by atoms with Crippen molar-refractivity contribution in [3.63, 3.8) is 0 Å². The Hall–Kier alpha value is -1.03. The van der Waals surface area contributed by atoms with Gasteiger partial charge in [-0.25, -0.2) is 0 Å². The molecule has 0 spiro atoms. The number of nitrogens with zero attached hydrogens (tertiary/aromatic N) is 1. The Balaban J connectivity index is 2.09. The summed E-state index contributed by atoms with van der Waals surface area (Å²) in [5.74, 6) is 1.69. The van der Waals surface area contributed by atoms with Crippen molar-refractivity contribution in [1.82, 2.24) is 10.6 Å². The molecule has 0 saturated carbocycles. The van der Waals surface area contributed by atoms with Gasteiger partial charge in [0, 0.05) is 20.1 Å². The minimum absolute atomic E-state index is 0.775. The molecule has 0 fully saturated rings. The van der Waals surface area contributed by atoms with Crippen LogP contribution in [-0.4, -0.2) is 39.3 Å². The van der Waals surface area contributed by atoms with Gasteiger partial charge in [-0.3, -0.25) is 4.99 Å². The van der Waals surface area contributed by atoms with Crippen molar-refractivity contribution in [3.05, 3.63) is 11.6 Å². The van der Waals surface area contributed by atoms with Crippen molar-refractivity contribution in [1.29, 1.82) is 0 Å². The van der Waals surface area contributed by atoms with Crippen LogP contribution in [0.2, 0.25) is 0 Å². The average molecular weight is 267 g/mol. The second kappa shape index (κ2) is 9.84. The van der Waals surface area contributed by atoms with E-state index in [1.54, 1.807) is 0 Å². The molecule has 1 aliphatic rings. The summed E-state index contributed by atoms with van der Waals surface area (Å²) in [6.07, 6.45) is 6.81. The zero-order chi connectivity index (χ0) is 13.9. The molecule has 0 aliphatic carbocycles. The Morgan fingerprint density at radius 3 is 2.79 bits per heavy atom. The fourth-order valence-corrected chi connectivity index (χ4v) is 2.07. The van der Waals surface area contributed by atoms with Crippen LogP contribution < -0.4 is 10.6 Å². The van der Waals surface area contributed by atoms with Crippen LogP contribution in [0.25, 0.3) is 0 Å². The second-order valence-electron chi connectivity index (χ2n) is 5.40. The average Bonchev–Trinajstić information content (AvgIpc) is 2.42. The summed E-state index contributed by atoms with van der Waals surface area (Å²) in [5, 5.41) is 6.72. The van der Waals surface area contributed by atoms with Gasteiger partial charge in [-0.05, 0) is 31.6 Å². The fraction of sp³-hybridized carbons (Fsp3) is 0.800. The standard InChI is InChI=1S/C15H29N3O/c1-13(2)5-4-9-17-15(16-3)18-10-6-14-7-11-19-12-8-14/h7,13H,4-6,8-12H2,1-3H3,(H2,16,17,18). The first-order valence-corrected chi connectivity index (χ1v) is 7.42. The zero-order valence-electron chi connectivity index (χ0n) is 12.7. The topological polar surface area (TPSA) is 45.7 Å². The van der Waals surface area contributed by atoms with Gasteiger partial charge in [-0.15, -0.1) is 0 Å². The Morgan fingerprint density at radius 2 is 2.16 bits per heavy atom. The molecular weight excluding hydrogens is 238 g/mol.